The van der Waals surface area contributed by atoms with Crippen LogP contribution in [-0.2, 0) is 11.3 Å². The molecule has 4 rings (SSSR count). The SMILES string of the molecule is Nc1nc2c(NCc3ccccc3)ncnc2n1[C@@H]1O[C@H](CO)[C@@H](O)[C@H]1O. The molecule has 142 valence electrons. The number of hydrogen-bond donors (Lipinski definition) is 5. The summed E-state index contributed by atoms with van der Waals surface area (Å²) < 4.78 is 6.95. The van der Waals surface area contributed by atoms with Gasteiger partial charge < -0.3 is 31.1 Å². The van der Waals surface area contributed by atoms with Crippen LogP contribution in [-0.4, -0.2) is 59.8 Å². The highest BCUT2D eigenvalue weighted by Gasteiger charge is 2.44. The van der Waals surface area contributed by atoms with E-state index >= 15 is 0 Å². The van der Waals surface area contributed by atoms with E-state index in [4.69, 9.17) is 10.5 Å². The summed E-state index contributed by atoms with van der Waals surface area (Å²) in [6.45, 7) is 0.105. The molecule has 0 saturated carbocycles. The lowest BCUT2D eigenvalue weighted by atomic mass is 10.1. The largest absolute Gasteiger partial charge is 0.394 e. The van der Waals surface area contributed by atoms with Gasteiger partial charge in [0.1, 0.15) is 24.6 Å². The minimum atomic E-state index is -1.28. The Morgan fingerprint density at radius 2 is 1.93 bits per heavy atom. The van der Waals surface area contributed by atoms with Crippen molar-refractivity contribution in [1.29, 1.82) is 0 Å². The number of aromatic nitrogens is 4. The minimum Gasteiger partial charge on any atom is -0.394 e. The molecule has 1 aromatic carbocycles. The van der Waals surface area contributed by atoms with E-state index in [0.29, 0.717) is 23.5 Å². The minimum absolute atomic E-state index is 0.0584. The Morgan fingerprint density at radius 1 is 1.15 bits per heavy atom. The predicted molar refractivity (Wildman–Crippen MR) is 96.5 cm³/mol. The van der Waals surface area contributed by atoms with E-state index < -0.39 is 31.1 Å². The lowest BCUT2D eigenvalue weighted by Crippen LogP contribution is -2.33. The average Bonchev–Trinajstić information content (AvgIpc) is 3.17. The van der Waals surface area contributed by atoms with Crippen LogP contribution >= 0.6 is 0 Å². The van der Waals surface area contributed by atoms with E-state index in [1.165, 1.54) is 10.9 Å². The van der Waals surface area contributed by atoms with Crippen molar-refractivity contribution >= 4 is 22.9 Å². The normalized spacial score (nSPS) is 25.1. The molecular weight excluding hydrogens is 352 g/mol. The second-order valence-electron chi connectivity index (χ2n) is 6.30. The standard InChI is InChI=1S/C17H20N6O4/c18-17-22-11-14(19-6-9-4-2-1-3-5-9)20-8-21-15(11)23(17)16-13(26)12(25)10(7-24)27-16/h1-5,8,10,12-13,16,24-26H,6-7H2,(H2,18,22)(H,19,20,21)/t10-,12-,13-,16-/m1/s1. The second kappa shape index (κ2) is 7.08. The Balaban J connectivity index is 1.67. The van der Waals surface area contributed by atoms with E-state index in [1.54, 1.807) is 0 Å². The monoisotopic (exact) mass is 372 g/mol. The van der Waals surface area contributed by atoms with Crippen LogP contribution in [0.25, 0.3) is 11.2 Å². The number of aliphatic hydroxyl groups excluding tert-OH is 3. The van der Waals surface area contributed by atoms with E-state index in [2.05, 4.69) is 20.3 Å². The van der Waals surface area contributed by atoms with E-state index in [9.17, 15) is 15.3 Å². The molecule has 2 aromatic heterocycles. The molecule has 10 heteroatoms. The molecule has 1 fully saturated rings. The lowest BCUT2D eigenvalue weighted by molar-refractivity contribution is -0.0500. The third-order valence-electron chi connectivity index (χ3n) is 4.58. The molecular formula is C17H20N6O4. The van der Waals surface area contributed by atoms with Crippen molar-refractivity contribution in [2.45, 2.75) is 31.1 Å². The molecule has 0 unspecified atom stereocenters. The maximum absolute atomic E-state index is 10.3. The summed E-state index contributed by atoms with van der Waals surface area (Å²) in [5.74, 6) is 0.546. The maximum Gasteiger partial charge on any atom is 0.204 e. The van der Waals surface area contributed by atoms with Crippen LogP contribution in [0, 0.1) is 0 Å². The first-order valence-electron chi connectivity index (χ1n) is 8.48. The summed E-state index contributed by atoms with van der Waals surface area (Å²) in [7, 11) is 0. The number of aliphatic hydroxyl groups is 3. The number of nitrogens with two attached hydrogens (primary N) is 1. The van der Waals surface area contributed by atoms with Crippen molar-refractivity contribution in [2.24, 2.45) is 0 Å². The van der Waals surface area contributed by atoms with Gasteiger partial charge in [0.2, 0.25) is 5.95 Å². The molecule has 1 aliphatic heterocycles. The molecule has 1 aliphatic rings. The van der Waals surface area contributed by atoms with Gasteiger partial charge in [0.05, 0.1) is 6.61 Å². The Labute approximate surface area is 154 Å². The van der Waals surface area contributed by atoms with Crippen LogP contribution in [0.5, 0.6) is 0 Å². The number of nitrogens with one attached hydrogen (secondary N) is 1. The summed E-state index contributed by atoms with van der Waals surface area (Å²) in [4.78, 5) is 12.7. The molecule has 3 aromatic rings. The first kappa shape index (κ1) is 17.6. The van der Waals surface area contributed by atoms with Crippen LogP contribution in [0.2, 0.25) is 0 Å². The van der Waals surface area contributed by atoms with Gasteiger partial charge in [-0.25, -0.2) is 15.0 Å². The van der Waals surface area contributed by atoms with Crippen molar-refractivity contribution in [3.05, 3.63) is 42.2 Å². The molecule has 3 heterocycles. The summed E-state index contributed by atoms with van der Waals surface area (Å²) >= 11 is 0. The van der Waals surface area contributed by atoms with Crippen molar-refractivity contribution in [3.8, 4) is 0 Å². The Hall–Kier alpha value is -2.79. The number of fused-ring (bicyclic) bond motifs is 1. The molecule has 1 saturated heterocycles. The van der Waals surface area contributed by atoms with Gasteiger partial charge in [-0.05, 0) is 5.56 Å². The fourth-order valence-corrected chi connectivity index (χ4v) is 3.18. The van der Waals surface area contributed by atoms with Gasteiger partial charge in [0.25, 0.3) is 0 Å². The number of benzene rings is 1. The van der Waals surface area contributed by atoms with Gasteiger partial charge >= 0.3 is 0 Å². The fourth-order valence-electron chi connectivity index (χ4n) is 3.18. The number of hydrogen-bond acceptors (Lipinski definition) is 9. The van der Waals surface area contributed by atoms with Gasteiger partial charge in [0, 0.05) is 6.54 Å². The number of anilines is 2. The first-order chi connectivity index (χ1) is 13.1. The topological polar surface area (TPSA) is 152 Å². The number of rotatable bonds is 5. The summed E-state index contributed by atoms with van der Waals surface area (Å²) in [5, 5.41) is 32.8. The van der Waals surface area contributed by atoms with Crippen molar-refractivity contribution < 1.29 is 20.1 Å². The van der Waals surface area contributed by atoms with Gasteiger partial charge in [-0.3, -0.25) is 4.57 Å². The molecule has 10 nitrogen and oxygen atoms in total. The molecule has 0 bridgehead atoms. The fraction of sp³-hybridized carbons (Fsp3) is 0.353. The summed E-state index contributed by atoms with van der Waals surface area (Å²) in [6.07, 6.45) is -3.10. The smallest absolute Gasteiger partial charge is 0.204 e. The van der Waals surface area contributed by atoms with Gasteiger partial charge in [-0.15, -0.1) is 0 Å². The number of imidazole rings is 1. The van der Waals surface area contributed by atoms with Crippen LogP contribution in [0.15, 0.2) is 36.7 Å². The number of nitrogens with zero attached hydrogens (tertiary/aromatic N) is 4. The maximum atomic E-state index is 10.3. The molecule has 27 heavy (non-hydrogen) atoms. The van der Waals surface area contributed by atoms with Crippen LogP contribution in [0.1, 0.15) is 11.8 Å². The Morgan fingerprint density at radius 3 is 2.63 bits per heavy atom. The van der Waals surface area contributed by atoms with Crippen molar-refractivity contribution in [2.75, 3.05) is 17.7 Å². The van der Waals surface area contributed by atoms with Crippen LogP contribution in [0.3, 0.4) is 0 Å². The number of nitrogen functional groups attached to an aromatic ring is 1. The zero-order chi connectivity index (χ0) is 19.0. The average molecular weight is 372 g/mol. The third kappa shape index (κ3) is 3.08. The van der Waals surface area contributed by atoms with E-state index in [0.717, 1.165) is 5.56 Å². The Bertz CT molecular complexity index is 934. The molecule has 0 amide bonds. The van der Waals surface area contributed by atoms with Crippen LogP contribution in [0.4, 0.5) is 11.8 Å². The van der Waals surface area contributed by atoms with E-state index in [1.807, 2.05) is 30.3 Å². The Kier molecular flexibility index (Phi) is 4.62. The predicted octanol–water partition coefficient (Wildman–Crippen LogP) is -0.368. The molecule has 0 aliphatic carbocycles. The number of ether oxygens (including phenoxy) is 1. The van der Waals surface area contributed by atoms with Gasteiger partial charge in [-0.2, -0.15) is 0 Å². The summed E-state index contributed by atoms with van der Waals surface area (Å²) in [6, 6.07) is 9.80. The zero-order valence-electron chi connectivity index (χ0n) is 14.3. The molecule has 6 N–H and O–H groups in total. The summed E-state index contributed by atoms with van der Waals surface area (Å²) in [5.41, 5.74) is 7.87. The quantitative estimate of drug-likeness (QED) is 0.404. The lowest BCUT2D eigenvalue weighted by Gasteiger charge is -2.17. The first-order valence-corrected chi connectivity index (χ1v) is 8.48. The zero-order valence-corrected chi connectivity index (χ0v) is 14.3. The highest BCUT2D eigenvalue weighted by Crippen LogP contribution is 2.34. The van der Waals surface area contributed by atoms with Gasteiger partial charge in [-0.1, -0.05) is 30.3 Å². The highest BCUT2D eigenvalue weighted by atomic mass is 16.6. The van der Waals surface area contributed by atoms with Gasteiger partial charge in [0.15, 0.2) is 23.2 Å². The molecule has 0 radical (unpaired) electrons. The third-order valence-corrected chi connectivity index (χ3v) is 4.58. The molecule has 0 spiro atoms. The highest BCUT2D eigenvalue weighted by molar-refractivity contribution is 5.85. The van der Waals surface area contributed by atoms with Crippen LogP contribution < -0.4 is 11.1 Å². The van der Waals surface area contributed by atoms with E-state index in [-0.39, 0.29) is 5.95 Å². The van der Waals surface area contributed by atoms with Crippen molar-refractivity contribution in [3.63, 3.8) is 0 Å². The molecule has 4 atom stereocenters. The second-order valence-corrected chi connectivity index (χ2v) is 6.30. The van der Waals surface area contributed by atoms with Crippen molar-refractivity contribution in [1.82, 2.24) is 19.5 Å².